The first-order chi connectivity index (χ1) is 15.8. The van der Waals surface area contributed by atoms with Crippen molar-refractivity contribution in [3.63, 3.8) is 0 Å². The number of aromatic nitrogens is 3. The average Bonchev–Trinajstić information content (AvgIpc) is 3.47. The van der Waals surface area contributed by atoms with Crippen LogP contribution < -0.4 is 10.9 Å². The Morgan fingerprint density at radius 2 is 1.85 bits per heavy atom. The van der Waals surface area contributed by atoms with Gasteiger partial charge in [-0.15, -0.1) is 0 Å². The molecule has 0 unspecified atom stereocenters. The molecule has 4 N–H and O–H groups in total. The number of benzene rings is 1. The van der Waals surface area contributed by atoms with Gasteiger partial charge in [-0.3, -0.25) is 19.2 Å². The fourth-order valence-corrected chi connectivity index (χ4v) is 3.24. The van der Waals surface area contributed by atoms with Crippen LogP contribution in [0.3, 0.4) is 0 Å². The third kappa shape index (κ3) is 5.79. The van der Waals surface area contributed by atoms with Crippen LogP contribution >= 0.6 is 0 Å². The number of aromatic amines is 2. The molecule has 0 aliphatic carbocycles. The average molecular weight is 451 g/mol. The number of likely N-dealkylation sites (tertiary alicyclic amines) is 1. The van der Waals surface area contributed by atoms with Crippen molar-refractivity contribution < 1.29 is 24.3 Å². The summed E-state index contributed by atoms with van der Waals surface area (Å²) in [5, 5.41) is 11.6. The van der Waals surface area contributed by atoms with Gasteiger partial charge in [-0.25, -0.2) is 9.78 Å². The normalized spacial score (nSPS) is 14.9. The molecule has 0 bridgehead atoms. The Bertz CT molecular complexity index is 1200. The zero-order valence-electron chi connectivity index (χ0n) is 17.6. The van der Waals surface area contributed by atoms with Gasteiger partial charge in [-0.1, -0.05) is 12.1 Å². The molecule has 33 heavy (non-hydrogen) atoms. The lowest BCUT2D eigenvalue weighted by Gasteiger charge is -2.21. The maximum Gasteiger partial charge on any atom is 0.341 e. The van der Waals surface area contributed by atoms with Crippen molar-refractivity contribution >= 4 is 29.3 Å². The van der Waals surface area contributed by atoms with E-state index in [2.05, 4.69) is 20.3 Å². The molecule has 1 atom stereocenters. The van der Waals surface area contributed by atoms with Gasteiger partial charge in [-0.05, 0) is 29.8 Å². The number of imidazole rings is 1. The quantitative estimate of drug-likeness (QED) is 0.464. The van der Waals surface area contributed by atoms with Crippen molar-refractivity contribution in [1.82, 2.24) is 19.9 Å². The zero-order valence-corrected chi connectivity index (χ0v) is 17.6. The number of carbonyl (C=O) groups excluding carboxylic acids is 3. The number of carboxylic acids is 1. The van der Waals surface area contributed by atoms with Crippen LogP contribution in [0.5, 0.6) is 0 Å². The first kappa shape index (κ1) is 23.1. The number of hydrogen-bond donors (Lipinski definition) is 4. The highest BCUT2D eigenvalue weighted by Gasteiger charge is 2.37. The van der Waals surface area contributed by atoms with E-state index in [1.54, 1.807) is 43.0 Å². The molecule has 11 heteroatoms. The van der Waals surface area contributed by atoms with Crippen LogP contribution in [0, 0.1) is 0 Å². The number of Topliss-reactive ketones (excluding diaryl/α,β-unsaturated/α-hetero) is 1. The molecule has 0 spiro atoms. The highest BCUT2D eigenvalue weighted by molar-refractivity contribution is 6.03. The Morgan fingerprint density at radius 3 is 2.36 bits per heavy atom. The van der Waals surface area contributed by atoms with Crippen molar-refractivity contribution in [2.75, 3.05) is 11.9 Å². The van der Waals surface area contributed by atoms with Crippen LogP contribution in [0.4, 0.5) is 5.69 Å². The Hall–Kier alpha value is -4.54. The van der Waals surface area contributed by atoms with Gasteiger partial charge < -0.3 is 25.3 Å². The lowest BCUT2D eigenvalue weighted by Crippen LogP contribution is -2.42. The standard InChI is InChI=1S/C19H17N3O6.C3H4N2/c1-10(23)22-9-13(24)8-16(22)18(26)20-12-4-2-11(3-5-12)15-7-6-14(19(27)28)17(25)21-15;1-2-5-3-4-1/h2-7,16H,8-9H2,1H3,(H,20,26)(H,21,25)(H,27,28);1-3H,(H,4,5)/t16-;/m0./s1. The topological polar surface area (TPSA) is 165 Å². The van der Waals surface area contributed by atoms with Crippen LogP contribution in [-0.2, 0) is 14.4 Å². The first-order valence-corrected chi connectivity index (χ1v) is 9.86. The van der Waals surface area contributed by atoms with Gasteiger partial charge in [-0.2, -0.15) is 0 Å². The molecule has 2 aromatic heterocycles. The molecular weight excluding hydrogens is 430 g/mol. The number of ketones is 1. The van der Waals surface area contributed by atoms with Crippen molar-refractivity contribution in [3.05, 3.63) is 71.0 Å². The fourth-order valence-electron chi connectivity index (χ4n) is 3.24. The second-order valence-electron chi connectivity index (χ2n) is 7.15. The van der Waals surface area contributed by atoms with Crippen molar-refractivity contribution in [3.8, 4) is 11.3 Å². The Morgan fingerprint density at radius 1 is 1.12 bits per heavy atom. The van der Waals surface area contributed by atoms with Gasteiger partial charge in [0.25, 0.3) is 5.56 Å². The summed E-state index contributed by atoms with van der Waals surface area (Å²) in [6.45, 7) is 1.25. The monoisotopic (exact) mass is 451 g/mol. The second-order valence-corrected chi connectivity index (χ2v) is 7.15. The molecular formula is C22H21N5O6. The summed E-state index contributed by atoms with van der Waals surface area (Å²) in [5.41, 5.74) is 0.443. The molecule has 1 fully saturated rings. The summed E-state index contributed by atoms with van der Waals surface area (Å²) in [4.78, 5) is 68.4. The van der Waals surface area contributed by atoms with Crippen molar-refractivity contribution in [2.45, 2.75) is 19.4 Å². The van der Waals surface area contributed by atoms with Crippen LogP contribution in [0.2, 0.25) is 0 Å². The number of H-pyrrole nitrogens is 2. The van der Waals surface area contributed by atoms with Gasteiger partial charge in [0.15, 0.2) is 5.78 Å². The molecule has 1 aliphatic rings. The summed E-state index contributed by atoms with van der Waals surface area (Å²) < 4.78 is 0. The zero-order chi connectivity index (χ0) is 24.0. The largest absolute Gasteiger partial charge is 0.477 e. The van der Waals surface area contributed by atoms with E-state index in [-0.39, 0.29) is 30.2 Å². The molecule has 170 valence electrons. The van der Waals surface area contributed by atoms with Crippen molar-refractivity contribution in [1.29, 1.82) is 0 Å². The number of aromatic carboxylic acids is 1. The number of nitrogens with zero attached hydrogens (tertiary/aromatic N) is 2. The van der Waals surface area contributed by atoms with E-state index >= 15 is 0 Å². The van der Waals surface area contributed by atoms with Crippen LogP contribution in [-0.4, -0.2) is 61.1 Å². The summed E-state index contributed by atoms with van der Waals surface area (Å²) in [6.07, 6.45) is 5.07. The predicted octanol–water partition coefficient (Wildman–Crippen LogP) is 1.28. The van der Waals surface area contributed by atoms with E-state index in [4.69, 9.17) is 5.11 Å². The van der Waals surface area contributed by atoms with E-state index in [0.29, 0.717) is 16.9 Å². The molecule has 4 rings (SSSR count). The molecule has 1 saturated heterocycles. The first-order valence-electron chi connectivity index (χ1n) is 9.86. The van der Waals surface area contributed by atoms with Gasteiger partial charge in [0.05, 0.1) is 12.9 Å². The third-order valence-electron chi connectivity index (χ3n) is 4.86. The minimum Gasteiger partial charge on any atom is -0.477 e. The molecule has 11 nitrogen and oxygen atoms in total. The number of carbonyl (C=O) groups is 4. The van der Waals surface area contributed by atoms with Crippen LogP contribution in [0.1, 0.15) is 23.7 Å². The van der Waals surface area contributed by atoms with Crippen LogP contribution in [0.25, 0.3) is 11.3 Å². The summed E-state index contributed by atoms with van der Waals surface area (Å²) in [6, 6.07) is 8.36. The summed E-state index contributed by atoms with van der Waals surface area (Å²) >= 11 is 0. The molecule has 0 saturated carbocycles. The highest BCUT2D eigenvalue weighted by Crippen LogP contribution is 2.21. The number of nitrogens with one attached hydrogen (secondary N) is 3. The number of carboxylic acid groups (broad SMARTS) is 1. The number of hydrogen-bond acceptors (Lipinski definition) is 6. The minimum atomic E-state index is -1.31. The number of anilines is 1. The van der Waals surface area contributed by atoms with Crippen molar-refractivity contribution in [2.24, 2.45) is 0 Å². The SMILES string of the molecule is CC(=O)N1CC(=O)C[C@H]1C(=O)Nc1ccc(-c2ccc(C(=O)O)c(=O)[nH]2)cc1.c1c[nH]cn1. The molecule has 2 amide bonds. The van der Waals surface area contributed by atoms with E-state index < -0.39 is 23.5 Å². The maximum absolute atomic E-state index is 12.4. The molecule has 3 heterocycles. The molecule has 0 radical (unpaired) electrons. The fraction of sp³-hybridized carbons (Fsp3) is 0.182. The number of pyridine rings is 1. The van der Waals surface area contributed by atoms with E-state index in [1.165, 1.54) is 24.0 Å². The van der Waals surface area contributed by atoms with E-state index in [9.17, 15) is 24.0 Å². The van der Waals surface area contributed by atoms with Gasteiger partial charge >= 0.3 is 5.97 Å². The second kappa shape index (κ2) is 10.2. The minimum absolute atomic E-state index is 0.0132. The number of rotatable bonds is 4. The summed E-state index contributed by atoms with van der Waals surface area (Å²) in [7, 11) is 0. The molecule has 1 aromatic carbocycles. The predicted molar refractivity (Wildman–Crippen MR) is 117 cm³/mol. The van der Waals surface area contributed by atoms with E-state index in [1.807, 2.05) is 0 Å². The van der Waals surface area contributed by atoms with Gasteiger partial charge in [0.2, 0.25) is 11.8 Å². The van der Waals surface area contributed by atoms with Gasteiger partial charge in [0, 0.05) is 37.1 Å². The Balaban J connectivity index is 0.000000541. The van der Waals surface area contributed by atoms with E-state index in [0.717, 1.165) is 0 Å². The highest BCUT2D eigenvalue weighted by atomic mass is 16.4. The lowest BCUT2D eigenvalue weighted by molar-refractivity contribution is -0.135. The Kier molecular flexibility index (Phi) is 7.13. The molecule has 1 aliphatic heterocycles. The molecule has 3 aromatic rings. The maximum atomic E-state index is 12.4. The van der Waals surface area contributed by atoms with Gasteiger partial charge in [0.1, 0.15) is 11.6 Å². The third-order valence-corrected chi connectivity index (χ3v) is 4.86. The smallest absolute Gasteiger partial charge is 0.341 e. The lowest BCUT2D eigenvalue weighted by atomic mass is 10.1. The number of amides is 2. The summed E-state index contributed by atoms with van der Waals surface area (Å²) in [5.74, 6) is -2.27. The Labute approximate surface area is 187 Å². The van der Waals surface area contributed by atoms with Crippen LogP contribution in [0.15, 0.2) is 59.9 Å².